The highest BCUT2D eigenvalue weighted by molar-refractivity contribution is 6.02. The number of allylic oxidation sites excluding steroid dienone is 1. The van der Waals surface area contributed by atoms with Crippen LogP contribution in [-0.4, -0.2) is 22.6 Å². The summed E-state index contributed by atoms with van der Waals surface area (Å²) in [6.45, 7) is 0. The third kappa shape index (κ3) is 3.37. The van der Waals surface area contributed by atoms with Gasteiger partial charge >= 0.3 is 0 Å². The van der Waals surface area contributed by atoms with Crippen molar-refractivity contribution in [3.8, 4) is 17.1 Å². The number of fused-ring (bicyclic) bond motifs is 1. The molecule has 0 amide bonds. The van der Waals surface area contributed by atoms with Crippen LogP contribution in [0.5, 0.6) is 5.75 Å². The molecule has 0 unspecified atom stereocenters. The quantitative estimate of drug-likeness (QED) is 0.481. The second kappa shape index (κ2) is 7.30. The van der Waals surface area contributed by atoms with Crippen molar-refractivity contribution in [2.24, 2.45) is 0 Å². The molecular weight excluding hydrogens is 336 g/mol. The largest absolute Gasteiger partial charge is 0.497 e. The summed E-state index contributed by atoms with van der Waals surface area (Å²) >= 11 is 0. The van der Waals surface area contributed by atoms with Crippen molar-refractivity contribution in [3.63, 3.8) is 0 Å². The molecule has 4 aromatic rings. The molecule has 4 rings (SSSR count). The minimum Gasteiger partial charge on any atom is -0.497 e. The lowest BCUT2D eigenvalue weighted by atomic mass is 10.2. The summed E-state index contributed by atoms with van der Waals surface area (Å²) in [5.41, 5.74) is 3.39. The minimum atomic E-state index is -0.140. The Labute approximate surface area is 157 Å². The number of hydrogen-bond acceptors (Lipinski definition) is 3. The van der Waals surface area contributed by atoms with Crippen LogP contribution in [0.15, 0.2) is 84.9 Å². The Bertz CT molecular complexity index is 1110. The van der Waals surface area contributed by atoms with Crippen molar-refractivity contribution in [2.45, 2.75) is 0 Å². The predicted molar refractivity (Wildman–Crippen MR) is 108 cm³/mol. The van der Waals surface area contributed by atoms with Crippen LogP contribution in [0.25, 0.3) is 28.5 Å². The standard InChI is InChI=1S/C23H18N2O2/c1-27-19-14-12-18(13-15-19)23-24-20-9-5-6-10-21(20)25(23)22(26)16-11-17-7-3-2-4-8-17/h2-16H,1H3/b16-11+. The maximum atomic E-state index is 13.0. The Morgan fingerprint density at radius 2 is 1.63 bits per heavy atom. The van der Waals surface area contributed by atoms with Gasteiger partial charge in [0.05, 0.1) is 18.1 Å². The van der Waals surface area contributed by atoms with Crippen molar-refractivity contribution >= 4 is 23.0 Å². The van der Waals surface area contributed by atoms with Gasteiger partial charge < -0.3 is 4.74 Å². The zero-order chi connectivity index (χ0) is 18.6. The third-order valence-electron chi connectivity index (χ3n) is 4.35. The number of hydrogen-bond donors (Lipinski definition) is 0. The Balaban J connectivity index is 1.80. The van der Waals surface area contributed by atoms with Gasteiger partial charge in [0, 0.05) is 11.6 Å². The van der Waals surface area contributed by atoms with E-state index in [1.807, 2.05) is 84.9 Å². The Hall–Kier alpha value is -3.66. The highest BCUT2D eigenvalue weighted by Crippen LogP contribution is 2.26. The molecule has 1 heterocycles. The highest BCUT2D eigenvalue weighted by Gasteiger charge is 2.16. The van der Waals surface area contributed by atoms with Gasteiger partial charge in [-0.3, -0.25) is 9.36 Å². The van der Waals surface area contributed by atoms with Crippen molar-refractivity contribution in [1.29, 1.82) is 0 Å². The number of aromatic nitrogens is 2. The molecule has 0 fully saturated rings. The van der Waals surface area contributed by atoms with Crippen molar-refractivity contribution in [2.75, 3.05) is 7.11 Å². The summed E-state index contributed by atoms with van der Waals surface area (Å²) in [4.78, 5) is 17.7. The molecule has 0 N–H and O–H groups in total. The van der Waals surface area contributed by atoms with E-state index in [4.69, 9.17) is 4.74 Å². The first kappa shape index (κ1) is 16.8. The van der Waals surface area contributed by atoms with E-state index in [9.17, 15) is 4.79 Å². The Morgan fingerprint density at radius 3 is 2.37 bits per heavy atom. The molecular formula is C23H18N2O2. The Morgan fingerprint density at radius 1 is 0.926 bits per heavy atom. The normalized spacial score (nSPS) is 11.1. The van der Waals surface area contributed by atoms with Gasteiger partial charge in [-0.1, -0.05) is 42.5 Å². The highest BCUT2D eigenvalue weighted by atomic mass is 16.5. The monoisotopic (exact) mass is 354 g/mol. The smallest absolute Gasteiger partial charge is 0.256 e. The van der Waals surface area contributed by atoms with Crippen LogP contribution in [0, 0.1) is 0 Å². The summed E-state index contributed by atoms with van der Waals surface area (Å²) in [6.07, 6.45) is 3.39. The first-order valence-electron chi connectivity index (χ1n) is 8.65. The summed E-state index contributed by atoms with van der Waals surface area (Å²) in [7, 11) is 1.63. The van der Waals surface area contributed by atoms with E-state index in [0.29, 0.717) is 5.82 Å². The first-order valence-corrected chi connectivity index (χ1v) is 8.65. The topological polar surface area (TPSA) is 44.1 Å². The van der Waals surface area contributed by atoms with Gasteiger partial charge in [0.2, 0.25) is 0 Å². The molecule has 4 heteroatoms. The number of para-hydroxylation sites is 2. The van der Waals surface area contributed by atoms with Gasteiger partial charge in [-0.2, -0.15) is 0 Å². The van der Waals surface area contributed by atoms with E-state index in [1.54, 1.807) is 17.8 Å². The molecule has 4 nitrogen and oxygen atoms in total. The van der Waals surface area contributed by atoms with Gasteiger partial charge in [0.25, 0.3) is 5.91 Å². The molecule has 0 atom stereocenters. The lowest BCUT2D eigenvalue weighted by Gasteiger charge is -2.06. The number of carbonyl (C=O) groups excluding carboxylic acids is 1. The summed E-state index contributed by atoms with van der Waals surface area (Å²) < 4.78 is 6.87. The minimum absolute atomic E-state index is 0.140. The molecule has 27 heavy (non-hydrogen) atoms. The number of rotatable bonds is 4. The van der Waals surface area contributed by atoms with E-state index >= 15 is 0 Å². The van der Waals surface area contributed by atoms with Crippen LogP contribution >= 0.6 is 0 Å². The molecule has 0 aliphatic carbocycles. The summed E-state index contributed by atoms with van der Waals surface area (Å²) in [5, 5.41) is 0. The van der Waals surface area contributed by atoms with Crippen molar-refractivity contribution in [3.05, 3.63) is 90.5 Å². The predicted octanol–water partition coefficient (Wildman–Crippen LogP) is 5.07. The number of imidazole rings is 1. The van der Waals surface area contributed by atoms with Crippen LogP contribution in [0.1, 0.15) is 10.4 Å². The SMILES string of the molecule is COc1ccc(-c2nc3ccccc3n2C(=O)/C=C/c2ccccc2)cc1. The fraction of sp³-hybridized carbons (Fsp3) is 0.0435. The number of nitrogens with zero attached hydrogens (tertiary/aromatic N) is 2. The number of ether oxygens (including phenoxy) is 1. The second-order valence-corrected chi connectivity index (χ2v) is 6.07. The maximum absolute atomic E-state index is 13.0. The second-order valence-electron chi connectivity index (χ2n) is 6.07. The molecule has 3 aromatic carbocycles. The molecule has 0 aliphatic heterocycles. The van der Waals surface area contributed by atoms with E-state index < -0.39 is 0 Å². The Kier molecular flexibility index (Phi) is 4.54. The van der Waals surface area contributed by atoms with Crippen LogP contribution in [0.4, 0.5) is 0 Å². The fourth-order valence-corrected chi connectivity index (χ4v) is 2.99. The third-order valence-corrected chi connectivity index (χ3v) is 4.35. The summed E-state index contributed by atoms with van der Waals surface area (Å²) in [6, 6.07) is 24.9. The average Bonchev–Trinajstić information content (AvgIpc) is 3.12. The zero-order valence-corrected chi connectivity index (χ0v) is 14.9. The average molecular weight is 354 g/mol. The van der Waals surface area contributed by atoms with Gasteiger partial charge in [-0.15, -0.1) is 0 Å². The van der Waals surface area contributed by atoms with Crippen LogP contribution in [0.3, 0.4) is 0 Å². The molecule has 0 bridgehead atoms. The molecule has 0 saturated carbocycles. The van der Waals surface area contributed by atoms with E-state index in [0.717, 1.165) is 27.9 Å². The number of methoxy groups -OCH3 is 1. The van der Waals surface area contributed by atoms with Gasteiger partial charge in [0.15, 0.2) is 0 Å². The van der Waals surface area contributed by atoms with E-state index in [-0.39, 0.29) is 5.91 Å². The van der Waals surface area contributed by atoms with Crippen LogP contribution < -0.4 is 4.74 Å². The van der Waals surface area contributed by atoms with E-state index in [1.165, 1.54) is 0 Å². The maximum Gasteiger partial charge on any atom is 0.256 e. The van der Waals surface area contributed by atoms with Crippen molar-refractivity contribution < 1.29 is 9.53 Å². The molecule has 0 spiro atoms. The molecule has 1 aromatic heterocycles. The number of benzene rings is 3. The summed E-state index contributed by atoms with van der Waals surface area (Å²) in [5.74, 6) is 1.23. The first-order chi connectivity index (χ1) is 13.3. The van der Waals surface area contributed by atoms with Crippen LogP contribution in [-0.2, 0) is 0 Å². The van der Waals surface area contributed by atoms with E-state index in [2.05, 4.69) is 4.98 Å². The number of carbonyl (C=O) groups is 1. The zero-order valence-electron chi connectivity index (χ0n) is 14.9. The fourth-order valence-electron chi connectivity index (χ4n) is 2.99. The van der Waals surface area contributed by atoms with Crippen LogP contribution in [0.2, 0.25) is 0 Å². The lowest BCUT2D eigenvalue weighted by molar-refractivity contribution is 0.0976. The van der Waals surface area contributed by atoms with Gasteiger partial charge in [0.1, 0.15) is 11.6 Å². The van der Waals surface area contributed by atoms with Gasteiger partial charge in [-0.05, 0) is 48.0 Å². The van der Waals surface area contributed by atoms with Gasteiger partial charge in [-0.25, -0.2) is 4.98 Å². The molecule has 0 radical (unpaired) electrons. The molecule has 0 aliphatic rings. The lowest BCUT2D eigenvalue weighted by Crippen LogP contribution is -2.09. The molecule has 0 saturated heterocycles. The van der Waals surface area contributed by atoms with Crippen molar-refractivity contribution in [1.82, 2.24) is 9.55 Å². The molecule has 132 valence electrons.